The van der Waals surface area contributed by atoms with Gasteiger partial charge in [0.25, 0.3) is 16.1 Å². The number of hydrogen-bond acceptors (Lipinski definition) is 4. The van der Waals surface area contributed by atoms with Gasteiger partial charge >= 0.3 is 5.97 Å². The van der Waals surface area contributed by atoms with Crippen LogP contribution in [0, 0.1) is 0 Å². The molecule has 9 heteroatoms. The molecule has 0 saturated heterocycles. The zero-order chi connectivity index (χ0) is 16.2. The third kappa shape index (κ3) is 5.24. The van der Waals surface area contributed by atoms with Crippen molar-refractivity contribution in [1.82, 2.24) is 0 Å². The van der Waals surface area contributed by atoms with Crippen molar-refractivity contribution in [3.63, 3.8) is 0 Å². The average molecular weight is 313 g/mol. The molecule has 0 aliphatic heterocycles. The Kier molecular flexibility index (Phi) is 5.06. The molecule has 1 amide bonds. The molecule has 1 rings (SSSR count). The Morgan fingerprint density at radius 2 is 1.71 bits per heavy atom. The summed E-state index contributed by atoms with van der Waals surface area (Å²) in [5.74, 6) is -1.78. The molecule has 5 N–H and O–H groups in total. The highest BCUT2D eigenvalue weighted by Crippen LogP contribution is 2.17. The molecule has 1 aromatic carbocycles. The topological polar surface area (TPSA) is 139 Å². The Balaban J connectivity index is 2.94. The maximum Gasteiger partial charge on any atom is 0.331 e. The molecule has 0 fully saturated rings. The maximum absolute atomic E-state index is 11.9. The lowest BCUT2D eigenvalue weighted by Gasteiger charge is -2.09. The van der Waals surface area contributed by atoms with Crippen LogP contribution < -0.4 is 15.2 Å². The van der Waals surface area contributed by atoms with Crippen LogP contribution in [0.2, 0.25) is 0 Å². The van der Waals surface area contributed by atoms with Crippen molar-refractivity contribution in [3.05, 3.63) is 35.4 Å². The van der Waals surface area contributed by atoms with E-state index in [0.29, 0.717) is 5.69 Å². The van der Waals surface area contributed by atoms with Crippen LogP contribution in [-0.2, 0) is 19.8 Å². The zero-order valence-corrected chi connectivity index (χ0v) is 12.2. The van der Waals surface area contributed by atoms with Gasteiger partial charge in [0.2, 0.25) is 0 Å². The number of nitrogens with one attached hydrogen (secondary N) is 2. The van der Waals surface area contributed by atoms with E-state index in [1.807, 2.05) is 0 Å². The van der Waals surface area contributed by atoms with E-state index in [4.69, 9.17) is 10.2 Å². The highest BCUT2D eigenvalue weighted by Gasteiger charge is 2.13. The molecule has 0 spiro atoms. The fourth-order valence-electron chi connectivity index (χ4n) is 1.38. The van der Waals surface area contributed by atoms with Crippen LogP contribution in [0.3, 0.4) is 0 Å². The Bertz CT molecular complexity index is 709. The van der Waals surface area contributed by atoms with Crippen molar-refractivity contribution in [1.29, 1.82) is 0 Å². The molecule has 21 heavy (non-hydrogen) atoms. The number of anilines is 2. The first-order chi connectivity index (χ1) is 9.60. The van der Waals surface area contributed by atoms with Crippen LogP contribution in [0.5, 0.6) is 0 Å². The Labute approximate surface area is 121 Å². The van der Waals surface area contributed by atoms with Gasteiger partial charge in [-0.1, -0.05) is 6.07 Å². The van der Waals surface area contributed by atoms with Crippen molar-refractivity contribution in [2.45, 2.75) is 13.8 Å². The highest BCUT2D eigenvalue weighted by molar-refractivity contribution is 7.90. The minimum atomic E-state index is -3.91. The number of aliphatic carboxylic acids is 1. The van der Waals surface area contributed by atoms with Crippen molar-refractivity contribution in [2.24, 2.45) is 5.14 Å². The minimum absolute atomic E-state index is 0.0484. The number of rotatable bonds is 5. The van der Waals surface area contributed by atoms with Crippen LogP contribution in [-0.4, -0.2) is 25.4 Å². The number of benzene rings is 1. The fraction of sp³-hybridized carbons (Fsp3) is 0.167. The lowest BCUT2D eigenvalue weighted by atomic mass is 10.1. The van der Waals surface area contributed by atoms with Gasteiger partial charge in [-0.25, -0.2) is 9.93 Å². The van der Waals surface area contributed by atoms with Gasteiger partial charge in [-0.15, -0.1) is 0 Å². The lowest BCUT2D eigenvalue weighted by Crippen LogP contribution is -2.22. The second-order valence-electron chi connectivity index (χ2n) is 4.24. The van der Waals surface area contributed by atoms with Crippen LogP contribution in [0.1, 0.15) is 13.8 Å². The second-order valence-corrected chi connectivity index (χ2v) is 5.53. The Morgan fingerprint density at radius 1 is 1.14 bits per heavy atom. The minimum Gasteiger partial charge on any atom is -0.478 e. The van der Waals surface area contributed by atoms with Gasteiger partial charge in [0.15, 0.2) is 0 Å². The lowest BCUT2D eigenvalue weighted by molar-refractivity contribution is -0.133. The average Bonchev–Trinajstić information content (AvgIpc) is 2.35. The summed E-state index contributed by atoms with van der Waals surface area (Å²) in [6.07, 6.45) is 0. The number of hydrogen-bond donors (Lipinski definition) is 4. The van der Waals surface area contributed by atoms with Crippen molar-refractivity contribution < 1.29 is 23.1 Å². The van der Waals surface area contributed by atoms with Gasteiger partial charge in [-0.05, 0) is 32.0 Å². The highest BCUT2D eigenvalue weighted by atomic mass is 32.2. The summed E-state index contributed by atoms with van der Waals surface area (Å²) < 4.78 is 23.9. The number of carbonyl (C=O) groups excluding carboxylic acids is 1. The molecule has 1 aromatic rings. The molecule has 0 atom stereocenters. The molecule has 0 heterocycles. The van der Waals surface area contributed by atoms with Gasteiger partial charge < -0.3 is 10.4 Å². The SMILES string of the molecule is CC(C(=O)O)=C(C)C(=O)Nc1cccc(NS(N)(=O)=O)c1. The number of amides is 1. The van der Waals surface area contributed by atoms with Gasteiger partial charge in [0, 0.05) is 16.8 Å². The fourth-order valence-corrected chi connectivity index (χ4v) is 1.84. The van der Waals surface area contributed by atoms with Crippen LogP contribution >= 0.6 is 0 Å². The Morgan fingerprint density at radius 3 is 2.24 bits per heavy atom. The summed E-state index contributed by atoms with van der Waals surface area (Å²) in [6.45, 7) is 2.70. The smallest absolute Gasteiger partial charge is 0.331 e. The van der Waals surface area contributed by atoms with E-state index in [0.717, 1.165) is 0 Å². The monoisotopic (exact) mass is 313 g/mol. The van der Waals surface area contributed by atoms with Gasteiger partial charge in [-0.2, -0.15) is 8.42 Å². The van der Waals surface area contributed by atoms with Crippen molar-refractivity contribution in [3.8, 4) is 0 Å². The maximum atomic E-state index is 11.9. The van der Waals surface area contributed by atoms with E-state index >= 15 is 0 Å². The molecule has 0 aliphatic rings. The van der Waals surface area contributed by atoms with Crippen molar-refractivity contribution >= 4 is 33.5 Å². The third-order valence-corrected chi connectivity index (χ3v) is 3.12. The summed E-state index contributed by atoms with van der Waals surface area (Å²) in [6, 6.07) is 5.83. The normalized spacial score (nSPS) is 12.3. The van der Waals surface area contributed by atoms with Gasteiger partial charge in [-0.3, -0.25) is 9.52 Å². The second kappa shape index (κ2) is 6.37. The standard InChI is InChI=1S/C12H15N3O5S/c1-7(8(2)12(17)18)11(16)14-9-4-3-5-10(6-9)15-21(13,19)20/h3-6,15H,1-2H3,(H,14,16)(H,17,18)(H2,13,19,20). The summed E-state index contributed by atoms with van der Waals surface area (Å²) in [4.78, 5) is 22.6. The first kappa shape index (κ1) is 16.7. The first-order valence-corrected chi connectivity index (χ1v) is 7.27. The van der Waals surface area contributed by atoms with E-state index in [1.165, 1.54) is 38.1 Å². The van der Waals surface area contributed by atoms with E-state index in [9.17, 15) is 18.0 Å². The summed E-state index contributed by atoms with van der Waals surface area (Å²) in [5.41, 5.74) is 0.441. The number of carbonyl (C=O) groups is 2. The van der Waals surface area contributed by atoms with E-state index in [2.05, 4.69) is 10.0 Å². The summed E-state index contributed by atoms with van der Waals surface area (Å²) >= 11 is 0. The molecule has 0 aromatic heterocycles. The van der Waals surface area contributed by atoms with Gasteiger partial charge in [0.1, 0.15) is 0 Å². The largest absolute Gasteiger partial charge is 0.478 e. The third-order valence-electron chi connectivity index (χ3n) is 2.60. The van der Waals surface area contributed by atoms with Gasteiger partial charge in [0.05, 0.1) is 5.69 Å². The quantitative estimate of drug-likeness (QED) is 0.591. The van der Waals surface area contributed by atoms with Crippen molar-refractivity contribution in [2.75, 3.05) is 10.0 Å². The molecule has 0 bridgehead atoms. The number of carboxylic acids is 1. The molecule has 0 radical (unpaired) electrons. The molecule has 0 saturated carbocycles. The van der Waals surface area contributed by atoms with Crippen LogP contribution in [0.4, 0.5) is 11.4 Å². The first-order valence-electron chi connectivity index (χ1n) is 5.73. The number of nitrogens with two attached hydrogens (primary N) is 1. The van der Waals surface area contributed by atoms with Crippen LogP contribution in [0.25, 0.3) is 0 Å². The Hall–Kier alpha value is -2.39. The number of carboxylic acid groups (broad SMARTS) is 1. The van der Waals surface area contributed by atoms with E-state index in [-0.39, 0.29) is 16.8 Å². The summed E-state index contributed by atoms with van der Waals surface area (Å²) in [5, 5.41) is 16.1. The predicted octanol–water partition coefficient (Wildman–Crippen LogP) is 0.662. The van der Waals surface area contributed by atoms with E-state index in [1.54, 1.807) is 0 Å². The van der Waals surface area contributed by atoms with E-state index < -0.39 is 22.1 Å². The molecule has 0 unspecified atom stereocenters. The molecule has 0 aliphatic carbocycles. The predicted molar refractivity (Wildman–Crippen MR) is 77.8 cm³/mol. The van der Waals surface area contributed by atoms with Crippen LogP contribution in [0.15, 0.2) is 35.4 Å². The molecular weight excluding hydrogens is 298 g/mol. The molecule has 8 nitrogen and oxygen atoms in total. The zero-order valence-electron chi connectivity index (χ0n) is 11.4. The summed E-state index contributed by atoms with van der Waals surface area (Å²) in [7, 11) is -3.91. The molecular formula is C12H15N3O5S. The molecule has 114 valence electrons.